The fourth-order valence-electron chi connectivity index (χ4n) is 2.45. The van der Waals surface area contributed by atoms with Gasteiger partial charge in [-0.1, -0.05) is 6.92 Å². The van der Waals surface area contributed by atoms with Gasteiger partial charge in [-0.05, 0) is 43.5 Å². The molecule has 0 aliphatic carbocycles. The molecule has 1 atom stereocenters. The molecule has 1 amide bonds. The molecule has 1 saturated heterocycles. The van der Waals surface area contributed by atoms with Gasteiger partial charge in [-0.3, -0.25) is 4.79 Å². The van der Waals surface area contributed by atoms with Crippen molar-refractivity contribution >= 4 is 25.6 Å². The van der Waals surface area contributed by atoms with Crippen LogP contribution in [0, 0.1) is 0 Å². The summed E-state index contributed by atoms with van der Waals surface area (Å²) >= 11 is 0. The third kappa shape index (κ3) is 3.09. The van der Waals surface area contributed by atoms with E-state index >= 15 is 0 Å². The third-order valence-corrected chi connectivity index (χ3v) is 4.86. The molecular weight excluding hydrogens is 286 g/mol. The highest BCUT2D eigenvalue weighted by atomic mass is 35.7. The zero-order valence-electron chi connectivity index (χ0n) is 10.7. The first kappa shape index (κ1) is 14.3. The van der Waals surface area contributed by atoms with E-state index in [1.54, 1.807) is 0 Å². The topological polar surface area (TPSA) is 54.5 Å². The number of halogens is 1. The molecule has 4 nitrogen and oxygen atoms in total. The van der Waals surface area contributed by atoms with Crippen LogP contribution in [-0.4, -0.2) is 31.8 Å². The Morgan fingerprint density at radius 2 is 2.00 bits per heavy atom. The second kappa shape index (κ2) is 5.51. The molecule has 1 fully saturated rings. The number of carbonyl (C=O) groups excluding carboxylic acids is 1. The molecule has 1 aromatic rings. The molecule has 104 valence electrons. The molecule has 6 heteroatoms. The predicted octanol–water partition coefficient (Wildman–Crippen LogP) is 2.63. The largest absolute Gasteiger partial charge is 0.336 e. The summed E-state index contributed by atoms with van der Waals surface area (Å²) in [6.07, 6.45) is 3.01. The summed E-state index contributed by atoms with van der Waals surface area (Å²) in [6, 6.07) is 6.06. The lowest BCUT2D eigenvalue weighted by molar-refractivity contribution is 0.0733. The Morgan fingerprint density at radius 3 is 2.53 bits per heavy atom. The van der Waals surface area contributed by atoms with Crippen molar-refractivity contribution in [1.29, 1.82) is 0 Å². The van der Waals surface area contributed by atoms with Crippen LogP contribution in [0.3, 0.4) is 0 Å². The van der Waals surface area contributed by atoms with Crippen molar-refractivity contribution in [2.75, 3.05) is 6.54 Å². The summed E-state index contributed by atoms with van der Waals surface area (Å²) < 4.78 is 22.3. The maximum absolute atomic E-state index is 12.3. The lowest BCUT2D eigenvalue weighted by Crippen LogP contribution is -2.35. The van der Waals surface area contributed by atoms with Crippen molar-refractivity contribution in [3.05, 3.63) is 29.8 Å². The van der Waals surface area contributed by atoms with Crippen LogP contribution in [0.2, 0.25) is 0 Å². The summed E-state index contributed by atoms with van der Waals surface area (Å²) in [7, 11) is 1.51. The Labute approximate surface area is 117 Å². The van der Waals surface area contributed by atoms with Crippen LogP contribution in [-0.2, 0) is 9.05 Å². The number of nitrogens with zero attached hydrogens (tertiary/aromatic N) is 1. The van der Waals surface area contributed by atoms with Crippen LogP contribution < -0.4 is 0 Å². The maximum atomic E-state index is 12.3. The van der Waals surface area contributed by atoms with Gasteiger partial charge in [0.05, 0.1) is 4.90 Å². The number of hydrogen-bond acceptors (Lipinski definition) is 3. The second-order valence-corrected chi connectivity index (χ2v) is 7.23. The average molecular weight is 302 g/mol. The minimum atomic E-state index is -3.73. The molecule has 19 heavy (non-hydrogen) atoms. The van der Waals surface area contributed by atoms with Gasteiger partial charge in [-0.15, -0.1) is 0 Å². The zero-order chi connectivity index (χ0) is 14.0. The van der Waals surface area contributed by atoms with E-state index in [1.807, 2.05) is 4.90 Å². The lowest BCUT2D eigenvalue weighted by Gasteiger charge is -2.23. The minimum absolute atomic E-state index is 0.0131. The van der Waals surface area contributed by atoms with Crippen LogP contribution in [0.1, 0.15) is 36.5 Å². The Bertz CT molecular complexity index is 568. The molecule has 0 saturated carbocycles. The number of rotatable bonds is 3. The number of hydrogen-bond donors (Lipinski definition) is 0. The van der Waals surface area contributed by atoms with Crippen LogP contribution in [0.25, 0.3) is 0 Å². The van der Waals surface area contributed by atoms with Gasteiger partial charge >= 0.3 is 0 Å². The highest BCUT2D eigenvalue weighted by Crippen LogP contribution is 2.23. The first-order valence-corrected chi connectivity index (χ1v) is 8.60. The zero-order valence-corrected chi connectivity index (χ0v) is 12.2. The van der Waals surface area contributed by atoms with E-state index in [2.05, 4.69) is 6.92 Å². The van der Waals surface area contributed by atoms with Crippen molar-refractivity contribution in [1.82, 2.24) is 4.90 Å². The standard InChI is InChI=1S/C13H16ClNO3S/c1-2-11-4-3-9-15(11)13(16)10-5-7-12(8-6-10)19(14,17)18/h5-8,11H,2-4,9H2,1H3. The number of amides is 1. The Balaban J connectivity index is 2.21. The summed E-state index contributed by atoms with van der Waals surface area (Å²) in [5, 5.41) is 0. The van der Waals surface area contributed by atoms with Gasteiger partial charge in [0.25, 0.3) is 15.0 Å². The molecule has 1 unspecified atom stereocenters. The van der Waals surface area contributed by atoms with Crippen LogP contribution >= 0.6 is 10.7 Å². The summed E-state index contributed by atoms with van der Waals surface area (Å²) in [5.74, 6) is -0.0390. The quantitative estimate of drug-likeness (QED) is 0.807. The van der Waals surface area contributed by atoms with E-state index in [0.29, 0.717) is 11.6 Å². The molecule has 1 aliphatic rings. The SMILES string of the molecule is CCC1CCCN1C(=O)c1ccc(S(=O)(=O)Cl)cc1. The summed E-state index contributed by atoms with van der Waals surface area (Å²) in [4.78, 5) is 14.2. The van der Waals surface area contributed by atoms with Gasteiger partial charge < -0.3 is 4.90 Å². The molecule has 1 aliphatic heterocycles. The molecule has 2 rings (SSSR count). The second-order valence-electron chi connectivity index (χ2n) is 4.67. The molecule has 1 heterocycles. The van der Waals surface area contributed by atoms with E-state index in [-0.39, 0.29) is 10.8 Å². The van der Waals surface area contributed by atoms with Gasteiger partial charge in [0.2, 0.25) is 0 Å². The molecule has 0 aromatic heterocycles. The van der Waals surface area contributed by atoms with Gasteiger partial charge in [0.1, 0.15) is 0 Å². The number of carbonyl (C=O) groups is 1. The Kier molecular flexibility index (Phi) is 4.16. The van der Waals surface area contributed by atoms with Gasteiger partial charge in [-0.2, -0.15) is 0 Å². The van der Waals surface area contributed by atoms with Crippen LogP contribution in [0.15, 0.2) is 29.2 Å². The van der Waals surface area contributed by atoms with E-state index in [1.165, 1.54) is 24.3 Å². The van der Waals surface area contributed by atoms with Gasteiger partial charge in [0, 0.05) is 28.8 Å². The Hall–Kier alpha value is -1.07. The Morgan fingerprint density at radius 1 is 1.37 bits per heavy atom. The summed E-state index contributed by atoms with van der Waals surface area (Å²) in [6.45, 7) is 2.84. The van der Waals surface area contributed by atoms with E-state index in [4.69, 9.17) is 10.7 Å². The molecular formula is C13H16ClNO3S. The van der Waals surface area contributed by atoms with E-state index < -0.39 is 9.05 Å². The van der Waals surface area contributed by atoms with Crippen molar-refractivity contribution < 1.29 is 13.2 Å². The van der Waals surface area contributed by atoms with E-state index in [0.717, 1.165) is 25.8 Å². The fraction of sp³-hybridized carbons (Fsp3) is 0.462. The fourth-order valence-corrected chi connectivity index (χ4v) is 3.22. The summed E-state index contributed by atoms with van der Waals surface area (Å²) in [5.41, 5.74) is 0.504. The van der Waals surface area contributed by atoms with Gasteiger partial charge in [-0.25, -0.2) is 8.42 Å². The molecule has 0 radical (unpaired) electrons. The number of benzene rings is 1. The van der Waals surface area contributed by atoms with Gasteiger partial charge in [0.15, 0.2) is 0 Å². The first-order chi connectivity index (χ1) is 8.93. The highest BCUT2D eigenvalue weighted by molar-refractivity contribution is 8.13. The number of likely N-dealkylation sites (tertiary alicyclic amines) is 1. The monoisotopic (exact) mass is 301 g/mol. The highest BCUT2D eigenvalue weighted by Gasteiger charge is 2.28. The van der Waals surface area contributed by atoms with Crippen molar-refractivity contribution in [3.8, 4) is 0 Å². The molecule has 0 bridgehead atoms. The molecule has 0 spiro atoms. The third-order valence-electron chi connectivity index (χ3n) is 3.49. The predicted molar refractivity (Wildman–Crippen MR) is 73.8 cm³/mol. The van der Waals surface area contributed by atoms with Crippen LogP contribution in [0.4, 0.5) is 0 Å². The maximum Gasteiger partial charge on any atom is 0.261 e. The van der Waals surface area contributed by atoms with Crippen molar-refractivity contribution in [2.45, 2.75) is 37.1 Å². The first-order valence-electron chi connectivity index (χ1n) is 6.29. The normalized spacial score (nSPS) is 19.7. The van der Waals surface area contributed by atoms with Crippen molar-refractivity contribution in [2.24, 2.45) is 0 Å². The van der Waals surface area contributed by atoms with E-state index in [9.17, 15) is 13.2 Å². The molecule has 1 aromatic carbocycles. The van der Waals surface area contributed by atoms with Crippen LogP contribution in [0.5, 0.6) is 0 Å². The average Bonchev–Trinajstić information content (AvgIpc) is 2.85. The molecule has 0 N–H and O–H groups in total. The van der Waals surface area contributed by atoms with Crippen molar-refractivity contribution in [3.63, 3.8) is 0 Å². The lowest BCUT2D eigenvalue weighted by atomic mass is 10.1. The smallest absolute Gasteiger partial charge is 0.261 e. The minimum Gasteiger partial charge on any atom is -0.336 e.